The molecule has 1 unspecified atom stereocenters. The highest BCUT2D eigenvalue weighted by atomic mass is 15.3. The fourth-order valence-corrected chi connectivity index (χ4v) is 2.49. The van der Waals surface area contributed by atoms with E-state index in [4.69, 9.17) is 0 Å². The predicted octanol–water partition coefficient (Wildman–Crippen LogP) is 2.24. The Labute approximate surface area is 114 Å². The normalized spacial score (nSPS) is 12.7. The molecule has 0 spiro atoms. The molecule has 1 N–H and O–H groups in total. The Morgan fingerprint density at radius 3 is 2.53 bits per heavy atom. The van der Waals surface area contributed by atoms with Crippen LogP contribution in [0.4, 0.5) is 0 Å². The maximum atomic E-state index is 4.59. The molecule has 0 fully saturated rings. The Bertz CT molecular complexity index is 572. The van der Waals surface area contributed by atoms with E-state index in [9.17, 15) is 0 Å². The molecule has 0 saturated carbocycles. The van der Waals surface area contributed by atoms with E-state index in [0.717, 1.165) is 17.8 Å². The summed E-state index contributed by atoms with van der Waals surface area (Å²) in [5.74, 6) is 0. The van der Waals surface area contributed by atoms with Gasteiger partial charge in [0.15, 0.2) is 0 Å². The van der Waals surface area contributed by atoms with Crippen molar-refractivity contribution in [3.05, 3.63) is 46.5 Å². The molecule has 2 rings (SSSR count). The van der Waals surface area contributed by atoms with Gasteiger partial charge in [-0.25, -0.2) is 0 Å². The van der Waals surface area contributed by atoms with E-state index in [-0.39, 0.29) is 6.04 Å². The topological polar surface area (TPSA) is 42.7 Å². The van der Waals surface area contributed by atoms with Crippen LogP contribution in [0.5, 0.6) is 0 Å². The number of rotatable bonds is 4. The van der Waals surface area contributed by atoms with Crippen LogP contribution in [-0.4, -0.2) is 21.8 Å². The molecule has 0 radical (unpaired) electrons. The summed E-state index contributed by atoms with van der Waals surface area (Å²) in [7, 11) is 3.97. The van der Waals surface area contributed by atoms with E-state index in [1.54, 1.807) is 0 Å². The van der Waals surface area contributed by atoms with Crippen LogP contribution in [0.2, 0.25) is 0 Å². The lowest BCUT2D eigenvalue weighted by atomic mass is 10.0. The van der Waals surface area contributed by atoms with Crippen molar-refractivity contribution in [2.75, 3.05) is 7.05 Å². The smallest absolute Gasteiger partial charge is 0.0606 e. The third-order valence-corrected chi connectivity index (χ3v) is 3.45. The molecular weight excluding hydrogens is 236 g/mol. The van der Waals surface area contributed by atoms with Crippen LogP contribution in [0.3, 0.4) is 0 Å². The molecule has 0 aliphatic heterocycles. The van der Waals surface area contributed by atoms with Crippen molar-refractivity contribution < 1.29 is 0 Å². The molecule has 4 nitrogen and oxygen atoms in total. The van der Waals surface area contributed by atoms with Gasteiger partial charge in [0.2, 0.25) is 0 Å². The van der Waals surface area contributed by atoms with E-state index in [2.05, 4.69) is 41.4 Å². The molecule has 2 aromatic heterocycles. The first kappa shape index (κ1) is 13.7. The van der Waals surface area contributed by atoms with Crippen LogP contribution in [0.25, 0.3) is 0 Å². The number of nitrogens with one attached hydrogen (secondary N) is 1. The Kier molecular flexibility index (Phi) is 4.00. The molecular formula is C15H22N4. The fourth-order valence-electron chi connectivity index (χ4n) is 2.49. The molecule has 0 bridgehead atoms. The van der Waals surface area contributed by atoms with Crippen LogP contribution in [0.15, 0.2) is 18.3 Å². The highest BCUT2D eigenvalue weighted by molar-refractivity contribution is 5.27. The third kappa shape index (κ3) is 3.01. The number of likely N-dealkylation sites (N-methyl/N-ethyl adjacent to an activating group) is 1. The zero-order chi connectivity index (χ0) is 14.0. The van der Waals surface area contributed by atoms with Crippen molar-refractivity contribution in [2.24, 2.45) is 7.05 Å². The first-order chi connectivity index (χ1) is 9.01. The van der Waals surface area contributed by atoms with Crippen molar-refractivity contribution in [3.8, 4) is 0 Å². The molecule has 1 atom stereocenters. The summed E-state index contributed by atoms with van der Waals surface area (Å²) < 4.78 is 1.95. The zero-order valence-corrected chi connectivity index (χ0v) is 12.4. The summed E-state index contributed by atoms with van der Waals surface area (Å²) in [5.41, 5.74) is 5.83. The van der Waals surface area contributed by atoms with Gasteiger partial charge in [0.1, 0.15) is 0 Å². The lowest BCUT2D eigenvalue weighted by Gasteiger charge is -2.18. The summed E-state index contributed by atoms with van der Waals surface area (Å²) in [6.07, 6.45) is 2.83. The number of pyridine rings is 1. The van der Waals surface area contributed by atoms with Gasteiger partial charge < -0.3 is 5.32 Å². The predicted molar refractivity (Wildman–Crippen MR) is 77.2 cm³/mol. The highest BCUT2D eigenvalue weighted by Crippen LogP contribution is 2.20. The average molecular weight is 258 g/mol. The standard InChI is InChI=1S/C15H22N4/c1-10-6-11(2)15(17-9-10)14(16-4)8-13-7-12(3)18-19(13)5/h6-7,9,14,16H,8H2,1-5H3. The van der Waals surface area contributed by atoms with Crippen LogP contribution >= 0.6 is 0 Å². The molecule has 0 aromatic carbocycles. The zero-order valence-electron chi connectivity index (χ0n) is 12.4. The lowest BCUT2D eigenvalue weighted by Crippen LogP contribution is -2.22. The second kappa shape index (κ2) is 5.53. The monoisotopic (exact) mass is 258 g/mol. The number of hydrogen-bond donors (Lipinski definition) is 1. The maximum absolute atomic E-state index is 4.59. The summed E-state index contributed by atoms with van der Waals surface area (Å²) in [4.78, 5) is 4.59. The minimum atomic E-state index is 0.218. The Hall–Kier alpha value is -1.68. The van der Waals surface area contributed by atoms with E-state index >= 15 is 0 Å². The van der Waals surface area contributed by atoms with Crippen molar-refractivity contribution in [2.45, 2.75) is 33.2 Å². The summed E-state index contributed by atoms with van der Waals surface area (Å²) in [6, 6.07) is 4.53. The minimum absolute atomic E-state index is 0.218. The highest BCUT2D eigenvalue weighted by Gasteiger charge is 2.16. The largest absolute Gasteiger partial charge is 0.311 e. The molecule has 0 aliphatic rings. The molecule has 0 saturated heterocycles. The van der Waals surface area contributed by atoms with Crippen LogP contribution in [-0.2, 0) is 13.5 Å². The van der Waals surface area contributed by atoms with E-state index in [0.29, 0.717) is 0 Å². The van der Waals surface area contributed by atoms with Crippen LogP contribution < -0.4 is 5.32 Å². The molecule has 0 amide bonds. The first-order valence-corrected chi connectivity index (χ1v) is 6.61. The number of aromatic nitrogens is 3. The first-order valence-electron chi connectivity index (χ1n) is 6.61. The van der Waals surface area contributed by atoms with Gasteiger partial charge in [-0.3, -0.25) is 9.67 Å². The van der Waals surface area contributed by atoms with Gasteiger partial charge in [0.05, 0.1) is 17.4 Å². The number of aryl methyl sites for hydroxylation is 4. The van der Waals surface area contributed by atoms with E-state index in [1.807, 2.05) is 31.9 Å². The van der Waals surface area contributed by atoms with Gasteiger partial charge in [0, 0.05) is 25.4 Å². The molecule has 102 valence electrons. The molecule has 0 aliphatic carbocycles. The van der Waals surface area contributed by atoms with Gasteiger partial charge in [-0.2, -0.15) is 5.10 Å². The molecule has 2 heterocycles. The van der Waals surface area contributed by atoms with Crippen molar-refractivity contribution in [1.29, 1.82) is 0 Å². The van der Waals surface area contributed by atoms with E-state index in [1.165, 1.54) is 16.8 Å². The lowest BCUT2D eigenvalue weighted by molar-refractivity contribution is 0.546. The Balaban J connectivity index is 2.27. The second-order valence-electron chi connectivity index (χ2n) is 5.16. The second-order valence-corrected chi connectivity index (χ2v) is 5.16. The Morgan fingerprint density at radius 1 is 1.26 bits per heavy atom. The molecule has 2 aromatic rings. The number of nitrogens with zero attached hydrogens (tertiary/aromatic N) is 3. The molecule has 19 heavy (non-hydrogen) atoms. The van der Waals surface area contributed by atoms with Gasteiger partial charge in [-0.15, -0.1) is 0 Å². The summed E-state index contributed by atoms with van der Waals surface area (Å²) in [5, 5.41) is 7.76. The van der Waals surface area contributed by atoms with Crippen molar-refractivity contribution in [1.82, 2.24) is 20.1 Å². The summed E-state index contributed by atoms with van der Waals surface area (Å²) >= 11 is 0. The quantitative estimate of drug-likeness (QED) is 0.914. The van der Waals surface area contributed by atoms with Gasteiger partial charge >= 0.3 is 0 Å². The van der Waals surface area contributed by atoms with Gasteiger partial charge in [-0.1, -0.05) is 6.07 Å². The number of hydrogen-bond acceptors (Lipinski definition) is 3. The average Bonchev–Trinajstić information content (AvgIpc) is 2.65. The van der Waals surface area contributed by atoms with Gasteiger partial charge in [-0.05, 0) is 45.0 Å². The summed E-state index contributed by atoms with van der Waals surface area (Å²) in [6.45, 7) is 6.21. The van der Waals surface area contributed by atoms with Gasteiger partial charge in [0.25, 0.3) is 0 Å². The third-order valence-electron chi connectivity index (χ3n) is 3.45. The SMILES string of the molecule is CNC(Cc1cc(C)nn1C)c1ncc(C)cc1C. The molecule has 4 heteroatoms. The Morgan fingerprint density at radius 2 is 2.00 bits per heavy atom. The van der Waals surface area contributed by atoms with Crippen LogP contribution in [0, 0.1) is 20.8 Å². The van der Waals surface area contributed by atoms with E-state index < -0.39 is 0 Å². The fraction of sp³-hybridized carbons (Fsp3) is 0.467. The maximum Gasteiger partial charge on any atom is 0.0606 e. The minimum Gasteiger partial charge on any atom is -0.311 e. The van der Waals surface area contributed by atoms with Crippen molar-refractivity contribution >= 4 is 0 Å². The van der Waals surface area contributed by atoms with Crippen LogP contribution in [0.1, 0.15) is 34.3 Å². The van der Waals surface area contributed by atoms with Crippen molar-refractivity contribution in [3.63, 3.8) is 0 Å².